The second-order valence-electron chi connectivity index (χ2n) is 7.15. The van der Waals surface area contributed by atoms with Crippen molar-refractivity contribution in [3.8, 4) is 6.07 Å². The number of rotatable bonds is 2. The van der Waals surface area contributed by atoms with E-state index in [9.17, 15) is 5.26 Å². The maximum atomic E-state index is 9.58. The summed E-state index contributed by atoms with van der Waals surface area (Å²) in [5, 5.41) is 9.58. The highest BCUT2D eigenvalue weighted by atomic mass is 28.4. The van der Waals surface area contributed by atoms with Crippen molar-refractivity contribution < 1.29 is 4.43 Å². The molecule has 0 bridgehead atoms. The van der Waals surface area contributed by atoms with Crippen molar-refractivity contribution in [3.05, 3.63) is 11.6 Å². The van der Waals surface area contributed by atoms with Gasteiger partial charge in [-0.2, -0.15) is 5.26 Å². The third-order valence-electron chi connectivity index (χ3n) is 4.33. The first kappa shape index (κ1) is 13.8. The van der Waals surface area contributed by atoms with E-state index in [1.807, 2.05) is 0 Å². The average molecular weight is 263 g/mol. The monoisotopic (exact) mass is 263 g/mol. The zero-order valence-electron chi connectivity index (χ0n) is 12.2. The lowest BCUT2D eigenvalue weighted by molar-refractivity contribution is 0.112. The molecule has 0 N–H and O–H groups in total. The second-order valence-corrected chi connectivity index (χ2v) is 11.6. The average Bonchev–Trinajstić information content (AvgIpc) is 2.28. The summed E-state index contributed by atoms with van der Waals surface area (Å²) in [6, 6.07) is 2.46. The smallest absolute Gasteiger partial charge is 0.186 e. The predicted octanol–water partition coefficient (Wildman–Crippen LogP) is 4.40. The van der Waals surface area contributed by atoms with Crippen molar-refractivity contribution in [3.63, 3.8) is 0 Å². The van der Waals surface area contributed by atoms with Gasteiger partial charge in [-0.05, 0) is 63.2 Å². The van der Waals surface area contributed by atoms with Crippen LogP contribution in [0.5, 0.6) is 0 Å². The second kappa shape index (κ2) is 4.50. The molecule has 0 aromatic rings. The molecular formula is C15H25NOSi. The van der Waals surface area contributed by atoms with Crippen LogP contribution in [0.2, 0.25) is 19.6 Å². The third kappa shape index (κ3) is 2.70. The van der Waals surface area contributed by atoms with E-state index in [1.165, 1.54) is 24.8 Å². The Bertz CT molecular complexity index is 404. The zero-order chi connectivity index (χ0) is 13.4. The van der Waals surface area contributed by atoms with E-state index < -0.39 is 13.9 Å². The Labute approximate surface area is 112 Å². The van der Waals surface area contributed by atoms with Crippen LogP contribution < -0.4 is 0 Å². The quantitative estimate of drug-likeness (QED) is 0.546. The van der Waals surface area contributed by atoms with E-state index in [4.69, 9.17) is 4.43 Å². The highest BCUT2D eigenvalue weighted by Crippen LogP contribution is 2.50. The van der Waals surface area contributed by atoms with Gasteiger partial charge in [-0.3, -0.25) is 0 Å². The van der Waals surface area contributed by atoms with Crippen LogP contribution in [-0.4, -0.2) is 13.9 Å². The molecule has 3 heteroatoms. The molecule has 0 saturated heterocycles. The van der Waals surface area contributed by atoms with Gasteiger partial charge in [-0.15, -0.1) is 0 Å². The number of hydrogen-bond donors (Lipinski definition) is 0. The molecule has 1 fully saturated rings. The fraction of sp³-hybridized carbons (Fsp3) is 0.800. The van der Waals surface area contributed by atoms with Gasteiger partial charge in [-0.1, -0.05) is 18.9 Å². The summed E-state index contributed by atoms with van der Waals surface area (Å²) in [6.07, 6.45) is 9.22. The molecule has 0 radical (unpaired) electrons. The minimum absolute atomic E-state index is 0.349. The van der Waals surface area contributed by atoms with Crippen molar-refractivity contribution in [2.75, 3.05) is 0 Å². The summed E-state index contributed by atoms with van der Waals surface area (Å²) in [5.74, 6) is 0. The Morgan fingerprint density at radius 3 is 2.56 bits per heavy atom. The lowest BCUT2D eigenvalue weighted by atomic mass is 9.63. The number of nitriles is 1. The Morgan fingerprint density at radius 2 is 1.94 bits per heavy atom. The van der Waals surface area contributed by atoms with Crippen LogP contribution in [0, 0.1) is 16.7 Å². The molecule has 2 rings (SSSR count). The first-order valence-electron chi connectivity index (χ1n) is 7.12. The standard InChI is InChI=1S/C15H25NOSi/c1-14-8-6-5-7-13(14)11-15(12-16,10-9-14)17-18(2,3)4/h11H,5-10H2,1-4H3. The molecule has 2 atom stereocenters. The number of allylic oxidation sites excluding steroid dienone is 1. The fourth-order valence-electron chi connectivity index (χ4n) is 3.38. The van der Waals surface area contributed by atoms with Crippen LogP contribution in [0.15, 0.2) is 11.6 Å². The molecule has 100 valence electrons. The van der Waals surface area contributed by atoms with Gasteiger partial charge in [0, 0.05) is 0 Å². The summed E-state index contributed by atoms with van der Waals surface area (Å²) < 4.78 is 6.21. The summed E-state index contributed by atoms with van der Waals surface area (Å²) in [7, 11) is -1.69. The Kier molecular flexibility index (Phi) is 3.46. The number of hydrogen-bond acceptors (Lipinski definition) is 2. The number of nitrogens with zero attached hydrogens (tertiary/aromatic N) is 1. The van der Waals surface area contributed by atoms with Crippen LogP contribution in [0.25, 0.3) is 0 Å². The van der Waals surface area contributed by atoms with E-state index in [0.717, 1.165) is 19.3 Å². The van der Waals surface area contributed by atoms with Gasteiger partial charge in [0.15, 0.2) is 13.9 Å². The van der Waals surface area contributed by atoms with E-state index in [1.54, 1.807) is 0 Å². The fourth-order valence-corrected chi connectivity index (χ4v) is 4.68. The molecular weight excluding hydrogens is 238 g/mol. The summed E-state index contributed by atoms with van der Waals surface area (Å²) in [6.45, 7) is 8.87. The van der Waals surface area contributed by atoms with Gasteiger partial charge in [0.1, 0.15) is 6.07 Å². The summed E-state index contributed by atoms with van der Waals surface area (Å²) in [5.41, 5.74) is 1.21. The van der Waals surface area contributed by atoms with E-state index >= 15 is 0 Å². The SMILES string of the molecule is CC12CCCCC1=CC(C#N)(O[Si](C)(C)C)CC2. The van der Waals surface area contributed by atoms with Gasteiger partial charge in [0.05, 0.1) is 0 Å². The van der Waals surface area contributed by atoms with Crippen molar-refractivity contribution >= 4 is 8.32 Å². The molecule has 0 aromatic carbocycles. The Hall–Kier alpha value is -0.593. The minimum Gasteiger partial charge on any atom is -0.397 e. The lowest BCUT2D eigenvalue weighted by Gasteiger charge is -2.45. The zero-order valence-corrected chi connectivity index (χ0v) is 13.2. The maximum Gasteiger partial charge on any atom is 0.186 e. The molecule has 2 aliphatic rings. The van der Waals surface area contributed by atoms with Gasteiger partial charge in [-0.25, -0.2) is 0 Å². The van der Waals surface area contributed by atoms with Crippen molar-refractivity contribution in [1.29, 1.82) is 5.26 Å². The van der Waals surface area contributed by atoms with Crippen LogP contribution in [0.1, 0.15) is 45.4 Å². The number of fused-ring (bicyclic) bond motifs is 1. The van der Waals surface area contributed by atoms with Gasteiger partial charge in [0.25, 0.3) is 0 Å². The highest BCUT2D eigenvalue weighted by Gasteiger charge is 2.44. The molecule has 0 aromatic heterocycles. The third-order valence-corrected chi connectivity index (χ3v) is 5.31. The molecule has 1 saturated carbocycles. The van der Waals surface area contributed by atoms with Crippen molar-refractivity contribution in [2.24, 2.45) is 5.41 Å². The van der Waals surface area contributed by atoms with Gasteiger partial charge >= 0.3 is 0 Å². The van der Waals surface area contributed by atoms with Gasteiger partial charge in [0.2, 0.25) is 0 Å². The summed E-state index contributed by atoms with van der Waals surface area (Å²) >= 11 is 0. The van der Waals surface area contributed by atoms with Crippen LogP contribution in [0.3, 0.4) is 0 Å². The lowest BCUT2D eigenvalue weighted by Crippen LogP contribution is -2.45. The summed E-state index contributed by atoms with van der Waals surface area (Å²) in [4.78, 5) is 0. The Morgan fingerprint density at radius 1 is 1.22 bits per heavy atom. The normalized spacial score (nSPS) is 36.5. The minimum atomic E-state index is -1.69. The molecule has 2 unspecified atom stereocenters. The molecule has 18 heavy (non-hydrogen) atoms. The molecule has 0 amide bonds. The van der Waals surface area contributed by atoms with E-state index in [0.29, 0.717) is 5.41 Å². The van der Waals surface area contributed by atoms with Crippen molar-refractivity contribution in [2.45, 2.75) is 70.7 Å². The van der Waals surface area contributed by atoms with Crippen LogP contribution >= 0.6 is 0 Å². The molecule has 2 nitrogen and oxygen atoms in total. The molecule has 2 aliphatic carbocycles. The maximum absolute atomic E-state index is 9.58. The van der Waals surface area contributed by atoms with Crippen LogP contribution in [0.4, 0.5) is 0 Å². The van der Waals surface area contributed by atoms with E-state index in [2.05, 4.69) is 38.7 Å². The highest BCUT2D eigenvalue weighted by molar-refractivity contribution is 6.69. The van der Waals surface area contributed by atoms with Crippen molar-refractivity contribution in [1.82, 2.24) is 0 Å². The van der Waals surface area contributed by atoms with Gasteiger partial charge < -0.3 is 4.43 Å². The van der Waals surface area contributed by atoms with Crippen LogP contribution in [-0.2, 0) is 4.43 Å². The molecule has 0 spiro atoms. The molecule has 0 aliphatic heterocycles. The topological polar surface area (TPSA) is 33.0 Å². The molecule has 0 heterocycles. The largest absolute Gasteiger partial charge is 0.397 e. The first-order valence-corrected chi connectivity index (χ1v) is 10.5. The predicted molar refractivity (Wildman–Crippen MR) is 76.7 cm³/mol. The van der Waals surface area contributed by atoms with E-state index in [-0.39, 0.29) is 0 Å². The first-order chi connectivity index (χ1) is 8.29. The Balaban J connectivity index is 2.31.